The maximum Gasteiger partial charge on any atom is 0.323 e. The topological polar surface area (TPSA) is 26.3 Å². The van der Waals surface area contributed by atoms with Crippen LogP contribution in [0.1, 0.15) is 21.9 Å². The second-order valence-electron chi connectivity index (χ2n) is 4.59. The Balaban J connectivity index is 2.21. The van der Waals surface area contributed by atoms with E-state index < -0.39 is 5.25 Å². The molecule has 0 saturated carbocycles. The largest absolute Gasteiger partial charge is 0.468 e. The summed E-state index contributed by atoms with van der Waals surface area (Å²) in [5, 5.41) is -0.440. The molecule has 2 aromatic rings. The first-order chi connectivity index (χ1) is 10.1. The zero-order valence-electron chi connectivity index (χ0n) is 11.9. The minimum absolute atomic E-state index is 0.291. The molecule has 0 aliphatic carbocycles. The monoisotopic (exact) mass is 316 g/mol. The molecule has 4 heteroatoms. The van der Waals surface area contributed by atoms with Gasteiger partial charge in [0.15, 0.2) is 0 Å². The number of ether oxygens (including phenoxy) is 1. The number of rotatable bonds is 4. The van der Waals surface area contributed by atoms with Crippen LogP contribution >= 0.6 is 24.0 Å². The maximum atomic E-state index is 12.0. The number of carbonyl (C=O) groups is 1. The Morgan fingerprint density at radius 2 is 1.71 bits per heavy atom. The second kappa shape index (κ2) is 7.38. The van der Waals surface area contributed by atoms with Gasteiger partial charge in [-0.2, -0.15) is 0 Å². The minimum atomic E-state index is -0.440. The van der Waals surface area contributed by atoms with Crippen molar-refractivity contribution in [3.63, 3.8) is 0 Å². The Hall–Kier alpha value is -1.65. The molecule has 2 rings (SSSR count). The number of esters is 1. The lowest BCUT2D eigenvalue weighted by atomic mass is 10.1. The normalized spacial score (nSPS) is 11.7. The maximum absolute atomic E-state index is 12.0. The van der Waals surface area contributed by atoms with Crippen molar-refractivity contribution in [1.29, 1.82) is 0 Å². The third-order valence-electron chi connectivity index (χ3n) is 3.03. The van der Waals surface area contributed by atoms with Gasteiger partial charge in [-0.1, -0.05) is 84.1 Å². The fraction of sp³-hybridized carbons (Fsp3) is 0.176. The van der Waals surface area contributed by atoms with E-state index in [4.69, 9.17) is 17.0 Å². The highest BCUT2D eigenvalue weighted by Crippen LogP contribution is 2.33. The molecule has 2 aromatic carbocycles. The first-order valence-corrected chi connectivity index (χ1v) is 7.81. The second-order valence-corrected chi connectivity index (χ2v) is 6.37. The van der Waals surface area contributed by atoms with Gasteiger partial charge in [-0.15, -0.1) is 0 Å². The minimum Gasteiger partial charge on any atom is -0.468 e. The Bertz CT molecular complexity index is 621. The van der Waals surface area contributed by atoms with E-state index >= 15 is 0 Å². The summed E-state index contributed by atoms with van der Waals surface area (Å²) in [6.45, 7) is 2.03. The quantitative estimate of drug-likeness (QED) is 0.620. The molecular formula is C17H16O2S2. The molecule has 0 spiro atoms. The lowest BCUT2D eigenvalue weighted by Gasteiger charge is -2.15. The molecule has 2 nitrogen and oxygen atoms in total. The van der Waals surface area contributed by atoms with Crippen LogP contribution in [0, 0.1) is 6.92 Å². The van der Waals surface area contributed by atoms with Gasteiger partial charge in [0, 0.05) is 0 Å². The summed E-state index contributed by atoms with van der Waals surface area (Å²) in [5.41, 5.74) is 3.02. The molecule has 1 atom stereocenters. The number of aryl methyl sites for hydroxylation is 1. The Labute approximate surface area is 134 Å². The van der Waals surface area contributed by atoms with Crippen molar-refractivity contribution in [2.45, 2.75) is 12.2 Å². The average molecular weight is 316 g/mol. The lowest BCUT2D eigenvalue weighted by Crippen LogP contribution is -2.13. The van der Waals surface area contributed by atoms with Crippen LogP contribution in [-0.2, 0) is 9.53 Å². The van der Waals surface area contributed by atoms with Crippen molar-refractivity contribution in [2.75, 3.05) is 7.11 Å². The van der Waals surface area contributed by atoms with E-state index in [1.807, 2.05) is 61.5 Å². The highest BCUT2D eigenvalue weighted by atomic mass is 32.2. The van der Waals surface area contributed by atoms with Gasteiger partial charge in [-0.3, -0.25) is 4.79 Å². The van der Waals surface area contributed by atoms with E-state index in [9.17, 15) is 4.79 Å². The van der Waals surface area contributed by atoms with E-state index in [1.165, 1.54) is 24.4 Å². The molecular weight excluding hydrogens is 300 g/mol. The summed E-state index contributed by atoms with van der Waals surface area (Å²) in [7, 11) is 1.40. The lowest BCUT2D eigenvalue weighted by molar-refractivity contribution is -0.140. The molecule has 0 radical (unpaired) electrons. The predicted molar refractivity (Wildman–Crippen MR) is 91.7 cm³/mol. The first-order valence-electron chi connectivity index (χ1n) is 6.52. The van der Waals surface area contributed by atoms with E-state index in [-0.39, 0.29) is 5.97 Å². The van der Waals surface area contributed by atoms with Crippen LogP contribution in [0.15, 0.2) is 54.6 Å². The van der Waals surface area contributed by atoms with Crippen LogP contribution < -0.4 is 0 Å². The molecule has 0 heterocycles. The highest BCUT2D eigenvalue weighted by Gasteiger charge is 2.24. The molecule has 0 amide bonds. The zero-order chi connectivity index (χ0) is 15.2. The van der Waals surface area contributed by atoms with Crippen LogP contribution in [0.4, 0.5) is 0 Å². The average Bonchev–Trinajstić information content (AvgIpc) is 2.53. The van der Waals surface area contributed by atoms with E-state index in [1.54, 1.807) is 0 Å². The molecule has 0 N–H and O–H groups in total. The van der Waals surface area contributed by atoms with Gasteiger partial charge >= 0.3 is 5.97 Å². The van der Waals surface area contributed by atoms with Crippen molar-refractivity contribution in [2.24, 2.45) is 0 Å². The number of carbonyl (C=O) groups excluding carboxylic acids is 1. The highest BCUT2D eigenvalue weighted by molar-refractivity contribution is 8.24. The van der Waals surface area contributed by atoms with Gasteiger partial charge in [0.1, 0.15) is 5.25 Å². The van der Waals surface area contributed by atoms with Gasteiger partial charge in [0.25, 0.3) is 0 Å². The summed E-state index contributed by atoms with van der Waals surface area (Å²) >= 11 is 6.81. The molecule has 0 bridgehead atoms. The predicted octanol–water partition coefficient (Wildman–Crippen LogP) is 4.32. The van der Waals surface area contributed by atoms with Crippen LogP contribution in [0.5, 0.6) is 0 Å². The fourth-order valence-corrected chi connectivity index (χ4v) is 3.25. The standard InChI is InChI=1S/C17H16O2S2/c1-12-8-10-14(11-9-12)17(20)21-15(16(18)19-2)13-6-4-3-5-7-13/h3-11,15H,1-2H3. The van der Waals surface area contributed by atoms with E-state index in [0.717, 1.165) is 11.1 Å². The molecule has 0 fully saturated rings. The Kier molecular flexibility index (Phi) is 5.53. The van der Waals surface area contributed by atoms with Crippen molar-refractivity contribution in [3.8, 4) is 0 Å². The first kappa shape index (κ1) is 15.7. The van der Waals surface area contributed by atoms with Crippen LogP contribution in [0.2, 0.25) is 0 Å². The molecule has 108 valence electrons. The van der Waals surface area contributed by atoms with Crippen LogP contribution in [0.25, 0.3) is 0 Å². The molecule has 0 saturated heterocycles. The third kappa shape index (κ3) is 4.16. The van der Waals surface area contributed by atoms with Crippen LogP contribution in [0.3, 0.4) is 0 Å². The Morgan fingerprint density at radius 3 is 2.29 bits per heavy atom. The fourth-order valence-electron chi connectivity index (χ4n) is 1.85. The van der Waals surface area contributed by atoms with Gasteiger partial charge in [0.05, 0.1) is 11.3 Å². The number of benzene rings is 2. The number of thiocarbonyl (C=S) groups is 1. The van der Waals surface area contributed by atoms with Crippen molar-refractivity contribution in [3.05, 3.63) is 71.3 Å². The summed E-state index contributed by atoms with van der Waals surface area (Å²) < 4.78 is 5.59. The summed E-state index contributed by atoms with van der Waals surface area (Å²) in [5.74, 6) is -0.291. The molecule has 0 aromatic heterocycles. The van der Waals surface area contributed by atoms with Gasteiger partial charge < -0.3 is 4.74 Å². The van der Waals surface area contributed by atoms with E-state index in [2.05, 4.69) is 0 Å². The van der Waals surface area contributed by atoms with Crippen molar-refractivity contribution >= 4 is 34.1 Å². The van der Waals surface area contributed by atoms with Gasteiger partial charge in [0.2, 0.25) is 0 Å². The number of hydrogen-bond acceptors (Lipinski definition) is 4. The van der Waals surface area contributed by atoms with Gasteiger partial charge in [-0.25, -0.2) is 0 Å². The van der Waals surface area contributed by atoms with Crippen molar-refractivity contribution in [1.82, 2.24) is 0 Å². The molecule has 1 unspecified atom stereocenters. The molecule has 0 aliphatic rings. The SMILES string of the molecule is COC(=O)C(SC(=S)c1ccc(C)cc1)c1ccccc1. The number of thioether (sulfide) groups is 1. The van der Waals surface area contributed by atoms with Crippen molar-refractivity contribution < 1.29 is 9.53 Å². The Morgan fingerprint density at radius 1 is 1.10 bits per heavy atom. The zero-order valence-corrected chi connectivity index (χ0v) is 13.5. The smallest absolute Gasteiger partial charge is 0.323 e. The van der Waals surface area contributed by atoms with E-state index in [0.29, 0.717) is 4.20 Å². The van der Waals surface area contributed by atoms with Gasteiger partial charge in [-0.05, 0) is 18.1 Å². The molecule has 0 aliphatic heterocycles. The summed E-state index contributed by atoms with van der Waals surface area (Å²) in [4.78, 5) is 12.0. The molecule has 21 heavy (non-hydrogen) atoms. The van der Waals surface area contributed by atoms with Crippen LogP contribution in [-0.4, -0.2) is 17.3 Å². The summed E-state index contributed by atoms with van der Waals surface area (Å²) in [6.07, 6.45) is 0. The third-order valence-corrected chi connectivity index (χ3v) is 4.70. The number of hydrogen-bond donors (Lipinski definition) is 0. The number of methoxy groups -OCH3 is 1. The summed E-state index contributed by atoms with van der Waals surface area (Å²) in [6, 6.07) is 17.5.